The molecule has 0 atom stereocenters. The largest absolute Gasteiger partial charge is 0.378 e. The van der Waals surface area contributed by atoms with Gasteiger partial charge in [-0.3, -0.25) is 14.9 Å². The van der Waals surface area contributed by atoms with Crippen molar-refractivity contribution in [1.29, 1.82) is 0 Å². The van der Waals surface area contributed by atoms with E-state index in [0.717, 1.165) is 18.8 Å². The minimum absolute atomic E-state index is 0.0368. The Hall–Kier alpha value is -3.19. The van der Waals surface area contributed by atoms with E-state index in [2.05, 4.69) is 10.2 Å². The number of hydrogen-bond acceptors (Lipinski definition) is 5. The topological polar surface area (TPSA) is 84.7 Å². The molecule has 134 valence electrons. The number of nitro benzene ring substituents is 1. The van der Waals surface area contributed by atoms with Gasteiger partial charge in [0.2, 0.25) is 5.91 Å². The van der Waals surface area contributed by atoms with Crippen LogP contribution in [0.15, 0.2) is 54.6 Å². The second-order valence-electron chi connectivity index (χ2n) is 5.76. The predicted molar refractivity (Wildman–Crippen MR) is 100 cm³/mol. The Kier molecular flexibility index (Phi) is 5.60. The number of anilines is 2. The second-order valence-corrected chi connectivity index (χ2v) is 5.76. The zero-order valence-corrected chi connectivity index (χ0v) is 14.1. The summed E-state index contributed by atoms with van der Waals surface area (Å²) in [5, 5.41) is 13.9. The van der Waals surface area contributed by atoms with Crippen LogP contribution in [-0.4, -0.2) is 37.1 Å². The molecule has 0 aliphatic carbocycles. The number of nitrogens with one attached hydrogen (secondary N) is 1. The van der Waals surface area contributed by atoms with Gasteiger partial charge in [-0.2, -0.15) is 0 Å². The number of carbonyl (C=O) groups is 1. The summed E-state index contributed by atoms with van der Waals surface area (Å²) in [6, 6.07) is 13.9. The minimum Gasteiger partial charge on any atom is -0.378 e. The smallest absolute Gasteiger partial charge is 0.276 e. The molecule has 0 bridgehead atoms. The van der Waals surface area contributed by atoms with Crippen LogP contribution >= 0.6 is 0 Å². The molecule has 0 unspecified atom stereocenters. The highest BCUT2D eigenvalue weighted by atomic mass is 16.6. The van der Waals surface area contributed by atoms with Gasteiger partial charge in [0, 0.05) is 25.2 Å². The summed E-state index contributed by atoms with van der Waals surface area (Å²) in [4.78, 5) is 25.0. The van der Waals surface area contributed by atoms with Crippen molar-refractivity contribution in [3.8, 4) is 0 Å². The van der Waals surface area contributed by atoms with Gasteiger partial charge >= 0.3 is 0 Å². The molecule has 7 heteroatoms. The maximum atomic E-state index is 12.3. The van der Waals surface area contributed by atoms with Gasteiger partial charge in [-0.05, 0) is 24.3 Å². The molecule has 1 saturated heterocycles. The first-order valence-electron chi connectivity index (χ1n) is 8.29. The lowest BCUT2D eigenvalue weighted by molar-refractivity contribution is -0.385. The average molecular weight is 353 g/mol. The molecular weight excluding hydrogens is 334 g/mol. The number of morpholine rings is 1. The van der Waals surface area contributed by atoms with Crippen LogP contribution in [0.4, 0.5) is 17.1 Å². The highest BCUT2D eigenvalue weighted by Gasteiger charge is 2.15. The van der Waals surface area contributed by atoms with Crippen molar-refractivity contribution >= 4 is 29.0 Å². The SMILES string of the molecule is O=C(/C=C/c1ccccc1[N+](=O)[O-])Nc1ccccc1N1CCOCC1. The van der Waals surface area contributed by atoms with E-state index in [0.29, 0.717) is 24.5 Å². The van der Waals surface area contributed by atoms with Crippen molar-refractivity contribution < 1.29 is 14.5 Å². The first kappa shape index (κ1) is 17.6. The number of nitrogens with zero attached hydrogens (tertiary/aromatic N) is 2. The fraction of sp³-hybridized carbons (Fsp3) is 0.211. The lowest BCUT2D eigenvalue weighted by Gasteiger charge is -2.30. The van der Waals surface area contributed by atoms with Crippen molar-refractivity contribution in [1.82, 2.24) is 0 Å². The first-order valence-corrected chi connectivity index (χ1v) is 8.29. The average Bonchev–Trinajstić information content (AvgIpc) is 2.67. The summed E-state index contributed by atoms with van der Waals surface area (Å²) >= 11 is 0. The zero-order chi connectivity index (χ0) is 18.4. The van der Waals surface area contributed by atoms with Gasteiger partial charge in [-0.25, -0.2) is 0 Å². The fourth-order valence-corrected chi connectivity index (χ4v) is 2.79. The molecule has 1 fully saturated rings. The number of benzene rings is 2. The molecule has 3 rings (SSSR count). The zero-order valence-electron chi connectivity index (χ0n) is 14.1. The molecule has 7 nitrogen and oxygen atoms in total. The highest BCUT2D eigenvalue weighted by Crippen LogP contribution is 2.26. The van der Waals surface area contributed by atoms with Gasteiger partial charge in [0.1, 0.15) is 0 Å². The van der Waals surface area contributed by atoms with Crippen LogP contribution in [0.25, 0.3) is 6.08 Å². The lowest BCUT2D eigenvalue weighted by atomic mass is 10.1. The summed E-state index contributed by atoms with van der Waals surface area (Å²) in [5.41, 5.74) is 1.98. The van der Waals surface area contributed by atoms with Crippen molar-refractivity contribution in [2.45, 2.75) is 0 Å². The number of ether oxygens (including phenoxy) is 1. The molecular formula is C19H19N3O4. The molecule has 0 aromatic heterocycles. The van der Waals surface area contributed by atoms with Crippen LogP contribution in [0.5, 0.6) is 0 Å². The van der Waals surface area contributed by atoms with E-state index in [1.807, 2.05) is 24.3 Å². The Morgan fingerprint density at radius 1 is 1.12 bits per heavy atom. The van der Waals surface area contributed by atoms with Gasteiger partial charge in [0.25, 0.3) is 5.69 Å². The van der Waals surface area contributed by atoms with E-state index >= 15 is 0 Å². The first-order chi connectivity index (χ1) is 12.6. The van der Waals surface area contributed by atoms with E-state index in [1.165, 1.54) is 18.2 Å². The summed E-state index contributed by atoms with van der Waals surface area (Å²) in [7, 11) is 0. The van der Waals surface area contributed by atoms with Crippen LogP contribution in [0.1, 0.15) is 5.56 Å². The Morgan fingerprint density at radius 2 is 1.81 bits per heavy atom. The van der Waals surface area contributed by atoms with E-state index in [-0.39, 0.29) is 11.6 Å². The molecule has 1 aliphatic rings. The van der Waals surface area contributed by atoms with E-state index in [9.17, 15) is 14.9 Å². The summed E-state index contributed by atoms with van der Waals surface area (Å²) in [6.07, 6.45) is 2.75. The summed E-state index contributed by atoms with van der Waals surface area (Å²) in [5.74, 6) is -0.344. The van der Waals surface area contributed by atoms with E-state index < -0.39 is 4.92 Å². The number of para-hydroxylation sites is 3. The van der Waals surface area contributed by atoms with Crippen LogP contribution in [0.2, 0.25) is 0 Å². The molecule has 1 amide bonds. The van der Waals surface area contributed by atoms with Gasteiger partial charge < -0.3 is 15.0 Å². The molecule has 26 heavy (non-hydrogen) atoms. The van der Waals surface area contributed by atoms with Crippen molar-refractivity contribution in [2.24, 2.45) is 0 Å². The van der Waals surface area contributed by atoms with Gasteiger partial charge in [-0.15, -0.1) is 0 Å². The highest BCUT2D eigenvalue weighted by molar-refractivity contribution is 6.04. The Bertz CT molecular complexity index is 829. The fourth-order valence-electron chi connectivity index (χ4n) is 2.79. The van der Waals surface area contributed by atoms with Crippen molar-refractivity contribution in [3.05, 3.63) is 70.3 Å². The molecule has 1 aliphatic heterocycles. The Balaban J connectivity index is 1.74. The lowest BCUT2D eigenvalue weighted by Crippen LogP contribution is -2.36. The standard InChI is InChI=1S/C19H19N3O4/c23-19(10-9-15-5-1-3-7-17(15)22(24)25)20-16-6-2-4-8-18(16)21-11-13-26-14-12-21/h1-10H,11-14H2,(H,20,23)/b10-9+. The monoisotopic (exact) mass is 353 g/mol. The number of nitro groups is 1. The van der Waals surface area contributed by atoms with Crippen LogP contribution in [0.3, 0.4) is 0 Å². The molecule has 0 radical (unpaired) electrons. The van der Waals surface area contributed by atoms with Crippen molar-refractivity contribution in [2.75, 3.05) is 36.5 Å². The van der Waals surface area contributed by atoms with Gasteiger partial charge in [0.15, 0.2) is 0 Å². The van der Waals surface area contributed by atoms with E-state index in [4.69, 9.17) is 4.74 Å². The number of rotatable bonds is 5. The van der Waals surface area contributed by atoms with Gasteiger partial charge in [0.05, 0.1) is 35.1 Å². The number of amides is 1. The third kappa shape index (κ3) is 4.25. The van der Waals surface area contributed by atoms with Gasteiger partial charge in [-0.1, -0.05) is 24.3 Å². The number of carbonyl (C=O) groups excluding carboxylic acids is 1. The normalized spacial score (nSPS) is 14.4. The quantitative estimate of drug-likeness (QED) is 0.507. The molecule has 2 aromatic rings. The third-order valence-corrected chi connectivity index (χ3v) is 4.06. The maximum Gasteiger partial charge on any atom is 0.276 e. The van der Waals surface area contributed by atoms with E-state index in [1.54, 1.807) is 18.2 Å². The number of hydrogen-bond donors (Lipinski definition) is 1. The van der Waals surface area contributed by atoms with Crippen LogP contribution < -0.4 is 10.2 Å². The van der Waals surface area contributed by atoms with Crippen LogP contribution in [-0.2, 0) is 9.53 Å². The molecule has 0 saturated carbocycles. The molecule has 0 spiro atoms. The molecule has 2 aromatic carbocycles. The maximum absolute atomic E-state index is 12.3. The van der Waals surface area contributed by atoms with Crippen molar-refractivity contribution in [3.63, 3.8) is 0 Å². The summed E-state index contributed by atoms with van der Waals surface area (Å²) in [6.45, 7) is 2.83. The predicted octanol–water partition coefficient (Wildman–Crippen LogP) is 3.08. The summed E-state index contributed by atoms with van der Waals surface area (Å²) < 4.78 is 5.37. The van der Waals surface area contributed by atoms with Crippen LogP contribution in [0, 0.1) is 10.1 Å². The Labute approximate surface area is 151 Å². The second kappa shape index (κ2) is 8.26. The molecule has 1 N–H and O–H groups in total. The Morgan fingerprint density at radius 3 is 2.58 bits per heavy atom. The molecule has 1 heterocycles. The third-order valence-electron chi connectivity index (χ3n) is 4.06. The minimum atomic E-state index is -0.467.